The first-order chi connectivity index (χ1) is 12.2. The number of nitrogens with zero attached hydrogens (tertiary/aromatic N) is 3. The maximum atomic E-state index is 12.7. The molecular weight excluding hydrogens is 316 g/mol. The molecule has 1 unspecified atom stereocenters. The minimum atomic E-state index is -0.234. The Morgan fingerprint density at radius 2 is 1.84 bits per heavy atom. The van der Waals surface area contributed by atoms with E-state index in [2.05, 4.69) is 15.1 Å². The summed E-state index contributed by atoms with van der Waals surface area (Å²) >= 11 is 0. The maximum Gasteiger partial charge on any atom is 0.264 e. The van der Waals surface area contributed by atoms with Crippen LogP contribution in [0.15, 0.2) is 41.3 Å². The molecule has 6 heteroatoms. The Kier molecular flexibility index (Phi) is 4.36. The second-order valence-electron chi connectivity index (χ2n) is 6.85. The van der Waals surface area contributed by atoms with Crippen LogP contribution in [0.5, 0.6) is 0 Å². The summed E-state index contributed by atoms with van der Waals surface area (Å²) in [6.45, 7) is 4.01. The average molecular weight is 338 g/mol. The van der Waals surface area contributed by atoms with E-state index in [0.717, 1.165) is 30.6 Å². The molecule has 0 aliphatic carbocycles. The van der Waals surface area contributed by atoms with Crippen LogP contribution < -0.4 is 5.56 Å². The number of H-pyrrole nitrogens is 1. The van der Waals surface area contributed by atoms with Crippen molar-refractivity contribution in [2.45, 2.75) is 25.3 Å². The number of aromatic amines is 1. The van der Waals surface area contributed by atoms with E-state index in [4.69, 9.17) is 0 Å². The van der Waals surface area contributed by atoms with E-state index in [9.17, 15) is 9.59 Å². The molecule has 2 aliphatic heterocycles. The third-order valence-electron chi connectivity index (χ3n) is 5.24. The molecule has 6 nitrogen and oxygen atoms in total. The van der Waals surface area contributed by atoms with Gasteiger partial charge in [-0.25, -0.2) is 5.10 Å². The number of likely N-dealkylation sites (tertiary alicyclic amines) is 2. The van der Waals surface area contributed by atoms with Crippen LogP contribution in [-0.4, -0.2) is 58.1 Å². The number of rotatable bonds is 3. The molecule has 1 atom stereocenters. The fourth-order valence-electron chi connectivity index (χ4n) is 3.85. The van der Waals surface area contributed by atoms with Gasteiger partial charge in [-0.05, 0) is 50.0 Å². The number of aromatic nitrogens is 2. The van der Waals surface area contributed by atoms with Crippen LogP contribution in [0.25, 0.3) is 11.1 Å². The predicted molar refractivity (Wildman–Crippen MR) is 95.4 cm³/mol. The van der Waals surface area contributed by atoms with Gasteiger partial charge in [-0.15, -0.1) is 0 Å². The number of carbonyl (C=O) groups is 1. The highest BCUT2D eigenvalue weighted by atomic mass is 16.2. The topological polar surface area (TPSA) is 69.3 Å². The molecular formula is C19H22N4O2. The number of amides is 1. The summed E-state index contributed by atoms with van der Waals surface area (Å²) in [5.41, 5.74) is 2.09. The number of nitrogens with one attached hydrogen (secondary N) is 1. The summed E-state index contributed by atoms with van der Waals surface area (Å²) in [5, 5.41) is 6.17. The number of hydrogen-bond acceptors (Lipinski definition) is 4. The first-order valence-corrected chi connectivity index (χ1v) is 8.89. The van der Waals surface area contributed by atoms with Crippen molar-refractivity contribution in [3.63, 3.8) is 0 Å². The Balaban J connectivity index is 1.45. The lowest BCUT2D eigenvalue weighted by atomic mass is 10.1. The summed E-state index contributed by atoms with van der Waals surface area (Å²) < 4.78 is 0. The molecule has 0 radical (unpaired) electrons. The molecule has 2 aromatic rings. The SMILES string of the molecule is O=C(c1ccc(-c2cn[nH]c(=O)c2)cc1)N1CCC(N2CCCC2)C1. The summed E-state index contributed by atoms with van der Waals surface area (Å²) in [6, 6.07) is 9.44. The van der Waals surface area contributed by atoms with Gasteiger partial charge in [0, 0.05) is 36.3 Å². The van der Waals surface area contributed by atoms with Gasteiger partial charge < -0.3 is 4.90 Å². The first kappa shape index (κ1) is 16.0. The normalized spacial score (nSPS) is 21.0. The molecule has 0 bridgehead atoms. The Labute approximate surface area is 146 Å². The third kappa shape index (κ3) is 3.35. The highest BCUT2D eigenvalue weighted by Crippen LogP contribution is 2.23. The molecule has 2 saturated heterocycles. The van der Waals surface area contributed by atoms with Crippen LogP contribution in [-0.2, 0) is 0 Å². The third-order valence-corrected chi connectivity index (χ3v) is 5.24. The Morgan fingerprint density at radius 1 is 1.08 bits per heavy atom. The summed E-state index contributed by atoms with van der Waals surface area (Å²) in [4.78, 5) is 28.6. The largest absolute Gasteiger partial charge is 0.337 e. The van der Waals surface area contributed by atoms with Gasteiger partial charge in [0.25, 0.3) is 11.5 Å². The lowest BCUT2D eigenvalue weighted by Crippen LogP contribution is -2.37. The van der Waals surface area contributed by atoms with Crippen LogP contribution in [0.1, 0.15) is 29.6 Å². The fraction of sp³-hybridized carbons (Fsp3) is 0.421. The van der Waals surface area contributed by atoms with Crippen molar-refractivity contribution in [3.05, 3.63) is 52.4 Å². The first-order valence-electron chi connectivity index (χ1n) is 8.89. The van der Waals surface area contributed by atoms with Gasteiger partial charge in [0.2, 0.25) is 0 Å². The zero-order valence-corrected chi connectivity index (χ0v) is 14.1. The molecule has 2 aliphatic rings. The highest BCUT2D eigenvalue weighted by Gasteiger charge is 2.31. The van der Waals surface area contributed by atoms with Crippen molar-refractivity contribution in [2.24, 2.45) is 0 Å². The minimum Gasteiger partial charge on any atom is -0.337 e. The quantitative estimate of drug-likeness (QED) is 0.926. The molecule has 1 aromatic heterocycles. The van der Waals surface area contributed by atoms with Crippen molar-refractivity contribution in [2.75, 3.05) is 26.2 Å². The van der Waals surface area contributed by atoms with Crippen molar-refractivity contribution in [1.82, 2.24) is 20.0 Å². The smallest absolute Gasteiger partial charge is 0.264 e. The van der Waals surface area contributed by atoms with Crippen molar-refractivity contribution in [1.29, 1.82) is 0 Å². The highest BCUT2D eigenvalue weighted by molar-refractivity contribution is 5.95. The molecule has 3 heterocycles. The Bertz CT molecular complexity index is 809. The molecule has 130 valence electrons. The van der Waals surface area contributed by atoms with Gasteiger partial charge >= 0.3 is 0 Å². The zero-order chi connectivity index (χ0) is 17.2. The van der Waals surface area contributed by atoms with Gasteiger partial charge in [0.15, 0.2) is 0 Å². The summed E-state index contributed by atoms with van der Waals surface area (Å²) in [7, 11) is 0. The molecule has 2 fully saturated rings. The Hall–Kier alpha value is -2.47. The standard InChI is InChI=1S/C19H22N4O2/c24-18-11-16(12-20-21-18)14-3-5-15(6-4-14)19(25)23-10-7-17(13-23)22-8-1-2-9-22/h3-6,11-12,17H,1-2,7-10,13H2,(H,21,24). The average Bonchev–Trinajstić information content (AvgIpc) is 3.32. The number of carbonyl (C=O) groups excluding carboxylic acids is 1. The van der Waals surface area contributed by atoms with Crippen LogP contribution in [0.2, 0.25) is 0 Å². The van der Waals surface area contributed by atoms with E-state index in [0.29, 0.717) is 11.6 Å². The van der Waals surface area contributed by atoms with E-state index in [1.165, 1.54) is 32.0 Å². The van der Waals surface area contributed by atoms with Gasteiger partial charge in [-0.3, -0.25) is 14.5 Å². The zero-order valence-electron chi connectivity index (χ0n) is 14.1. The lowest BCUT2D eigenvalue weighted by molar-refractivity contribution is 0.0780. The predicted octanol–water partition coefficient (Wildman–Crippen LogP) is 1.75. The molecule has 0 saturated carbocycles. The molecule has 25 heavy (non-hydrogen) atoms. The molecule has 1 amide bonds. The number of hydrogen-bond donors (Lipinski definition) is 1. The van der Waals surface area contributed by atoms with Gasteiger partial charge in [-0.2, -0.15) is 5.10 Å². The summed E-state index contributed by atoms with van der Waals surface area (Å²) in [5.74, 6) is 0.0947. The van der Waals surface area contributed by atoms with Gasteiger partial charge in [0.1, 0.15) is 0 Å². The van der Waals surface area contributed by atoms with E-state index >= 15 is 0 Å². The minimum absolute atomic E-state index is 0.0947. The maximum absolute atomic E-state index is 12.7. The van der Waals surface area contributed by atoms with Crippen LogP contribution >= 0.6 is 0 Å². The lowest BCUT2D eigenvalue weighted by Gasteiger charge is -2.23. The van der Waals surface area contributed by atoms with Crippen LogP contribution in [0.3, 0.4) is 0 Å². The second kappa shape index (κ2) is 6.80. The van der Waals surface area contributed by atoms with Crippen LogP contribution in [0, 0.1) is 0 Å². The van der Waals surface area contributed by atoms with E-state index in [-0.39, 0.29) is 11.5 Å². The second-order valence-corrected chi connectivity index (χ2v) is 6.85. The van der Waals surface area contributed by atoms with E-state index in [1.807, 2.05) is 29.2 Å². The van der Waals surface area contributed by atoms with E-state index < -0.39 is 0 Å². The molecule has 4 rings (SSSR count). The molecule has 0 spiro atoms. The van der Waals surface area contributed by atoms with Crippen molar-refractivity contribution >= 4 is 5.91 Å². The fourth-order valence-corrected chi connectivity index (χ4v) is 3.85. The molecule has 1 N–H and O–H groups in total. The Morgan fingerprint density at radius 3 is 2.56 bits per heavy atom. The van der Waals surface area contributed by atoms with E-state index in [1.54, 1.807) is 6.20 Å². The van der Waals surface area contributed by atoms with Crippen molar-refractivity contribution in [3.8, 4) is 11.1 Å². The monoisotopic (exact) mass is 338 g/mol. The molecule has 1 aromatic carbocycles. The number of benzene rings is 1. The van der Waals surface area contributed by atoms with Gasteiger partial charge in [0.05, 0.1) is 6.20 Å². The van der Waals surface area contributed by atoms with Crippen molar-refractivity contribution < 1.29 is 4.79 Å². The summed E-state index contributed by atoms with van der Waals surface area (Å²) in [6.07, 6.45) is 5.24. The van der Waals surface area contributed by atoms with Gasteiger partial charge in [-0.1, -0.05) is 12.1 Å². The van der Waals surface area contributed by atoms with Crippen LogP contribution in [0.4, 0.5) is 0 Å².